The van der Waals surface area contributed by atoms with E-state index in [-0.39, 0.29) is 10.8 Å². The summed E-state index contributed by atoms with van der Waals surface area (Å²) in [6.45, 7) is 0. The van der Waals surface area contributed by atoms with Gasteiger partial charge in [-0.3, -0.25) is 0 Å². The zero-order valence-electron chi connectivity index (χ0n) is 5.72. The fraction of sp³-hybridized carbons (Fsp3) is 0.200. The van der Waals surface area contributed by atoms with Gasteiger partial charge >= 0.3 is 0 Å². The molecule has 5 nitrogen and oxygen atoms in total. The SMILES string of the molecule is COc1ccnnc1S(=O)O. The Bertz CT molecular complexity index is 278. The van der Waals surface area contributed by atoms with E-state index in [2.05, 4.69) is 10.2 Å². The van der Waals surface area contributed by atoms with Gasteiger partial charge in [0.25, 0.3) is 0 Å². The minimum atomic E-state index is -2.14. The Kier molecular flexibility index (Phi) is 2.50. The van der Waals surface area contributed by atoms with Crippen LogP contribution in [0.1, 0.15) is 0 Å². The van der Waals surface area contributed by atoms with E-state index in [4.69, 9.17) is 9.29 Å². The van der Waals surface area contributed by atoms with Crippen molar-refractivity contribution in [2.75, 3.05) is 7.11 Å². The van der Waals surface area contributed by atoms with Gasteiger partial charge in [0.15, 0.2) is 5.75 Å². The van der Waals surface area contributed by atoms with Gasteiger partial charge in [0, 0.05) is 6.07 Å². The predicted molar refractivity (Wildman–Crippen MR) is 37.6 cm³/mol. The number of rotatable bonds is 2. The number of aromatic nitrogens is 2. The van der Waals surface area contributed by atoms with Gasteiger partial charge in [-0.05, 0) is 0 Å². The van der Waals surface area contributed by atoms with Crippen LogP contribution in [0.15, 0.2) is 17.3 Å². The summed E-state index contributed by atoms with van der Waals surface area (Å²) in [7, 11) is 1.40. The number of hydrogen-bond donors (Lipinski definition) is 1. The first-order chi connectivity index (χ1) is 5.25. The summed E-state index contributed by atoms with van der Waals surface area (Å²) in [5, 5.41) is 6.80. The van der Waals surface area contributed by atoms with Gasteiger partial charge in [0.1, 0.15) is 0 Å². The van der Waals surface area contributed by atoms with Crippen molar-refractivity contribution >= 4 is 11.1 Å². The Labute approximate surface area is 65.7 Å². The van der Waals surface area contributed by atoms with Gasteiger partial charge in [0.2, 0.25) is 16.1 Å². The van der Waals surface area contributed by atoms with E-state index < -0.39 is 11.1 Å². The molecule has 0 fully saturated rings. The quantitative estimate of drug-likeness (QED) is 0.642. The average molecular weight is 174 g/mol. The van der Waals surface area contributed by atoms with Gasteiger partial charge in [-0.25, -0.2) is 4.21 Å². The zero-order chi connectivity index (χ0) is 8.27. The molecular weight excluding hydrogens is 168 g/mol. The Balaban J connectivity index is 3.12. The van der Waals surface area contributed by atoms with Crippen molar-refractivity contribution in [2.24, 2.45) is 0 Å². The van der Waals surface area contributed by atoms with Crippen molar-refractivity contribution in [1.82, 2.24) is 10.2 Å². The molecule has 1 unspecified atom stereocenters. The van der Waals surface area contributed by atoms with Crippen LogP contribution in [0.3, 0.4) is 0 Å². The molecule has 0 saturated heterocycles. The van der Waals surface area contributed by atoms with Crippen LogP contribution in [0.2, 0.25) is 0 Å². The molecule has 6 heteroatoms. The van der Waals surface area contributed by atoms with Crippen LogP contribution in [-0.2, 0) is 11.1 Å². The number of hydrogen-bond acceptors (Lipinski definition) is 4. The molecule has 0 saturated carbocycles. The third-order valence-corrected chi connectivity index (χ3v) is 1.65. The van der Waals surface area contributed by atoms with Crippen molar-refractivity contribution < 1.29 is 13.5 Å². The molecule has 0 amide bonds. The predicted octanol–water partition coefficient (Wildman–Crippen LogP) is 0.0658. The largest absolute Gasteiger partial charge is 0.494 e. The van der Waals surface area contributed by atoms with Crippen LogP contribution in [0.5, 0.6) is 5.75 Å². The van der Waals surface area contributed by atoms with Crippen LogP contribution >= 0.6 is 0 Å². The molecule has 0 bridgehead atoms. The molecule has 0 aliphatic heterocycles. The summed E-state index contributed by atoms with van der Waals surface area (Å²) >= 11 is -2.14. The molecular formula is C5H6N2O3S. The second kappa shape index (κ2) is 3.40. The van der Waals surface area contributed by atoms with E-state index in [1.54, 1.807) is 0 Å². The Morgan fingerprint density at radius 1 is 1.73 bits per heavy atom. The smallest absolute Gasteiger partial charge is 0.219 e. The fourth-order valence-corrected chi connectivity index (χ4v) is 1.02. The lowest BCUT2D eigenvalue weighted by Crippen LogP contribution is -1.98. The second-order valence-electron chi connectivity index (χ2n) is 1.65. The van der Waals surface area contributed by atoms with E-state index in [1.807, 2.05) is 0 Å². The van der Waals surface area contributed by atoms with E-state index in [0.717, 1.165) is 0 Å². The van der Waals surface area contributed by atoms with Crippen LogP contribution in [0.25, 0.3) is 0 Å². The molecule has 0 radical (unpaired) electrons. The number of nitrogens with zero attached hydrogens (tertiary/aromatic N) is 2. The molecule has 1 N–H and O–H groups in total. The molecule has 1 atom stereocenters. The molecule has 1 aromatic heterocycles. The first kappa shape index (κ1) is 8.09. The summed E-state index contributed by atoms with van der Waals surface area (Å²) in [6.07, 6.45) is 1.38. The number of ether oxygens (including phenoxy) is 1. The fourth-order valence-electron chi connectivity index (χ4n) is 0.584. The maximum atomic E-state index is 10.5. The maximum Gasteiger partial charge on any atom is 0.219 e. The molecule has 1 heterocycles. The summed E-state index contributed by atoms with van der Waals surface area (Å²) in [6, 6.07) is 1.47. The zero-order valence-corrected chi connectivity index (χ0v) is 6.54. The third kappa shape index (κ3) is 1.72. The van der Waals surface area contributed by atoms with Crippen molar-refractivity contribution in [1.29, 1.82) is 0 Å². The highest BCUT2D eigenvalue weighted by molar-refractivity contribution is 7.79. The number of methoxy groups -OCH3 is 1. The van der Waals surface area contributed by atoms with Crippen molar-refractivity contribution in [2.45, 2.75) is 5.03 Å². The third-order valence-electron chi connectivity index (χ3n) is 1.04. The maximum absolute atomic E-state index is 10.5. The van der Waals surface area contributed by atoms with Crippen molar-refractivity contribution in [3.8, 4) is 5.75 Å². The van der Waals surface area contributed by atoms with E-state index in [9.17, 15) is 4.21 Å². The lowest BCUT2D eigenvalue weighted by atomic mass is 10.5. The van der Waals surface area contributed by atoms with E-state index in [1.165, 1.54) is 19.4 Å². The van der Waals surface area contributed by atoms with Gasteiger partial charge in [0.05, 0.1) is 13.3 Å². The lowest BCUT2D eigenvalue weighted by molar-refractivity contribution is 0.394. The minimum absolute atomic E-state index is 0.0602. The first-order valence-corrected chi connectivity index (χ1v) is 3.83. The van der Waals surface area contributed by atoms with E-state index in [0.29, 0.717) is 0 Å². The monoisotopic (exact) mass is 174 g/mol. The van der Waals surface area contributed by atoms with Crippen molar-refractivity contribution in [3.05, 3.63) is 12.3 Å². The Morgan fingerprint density at radius 2 is 2.45 bits per heavy atom. The summed E-state index contributed by atoms with van der Waals surface area (Å²) < 4.78 is 23.9. The van der Waals surface area contributed by atoms with E-state index >= 15 is 0 Å². The van der Waals surface area contributed by atoms with Crippen molar-refractivity contribution in [3.63, 3.8) is 0 Å². The lowest BCUT2D eigenvalue weighted by Gasteiger charge is -2.00. The second-order valence-corrected chi connectivity index (χ2v) is 2.54. The molecule has 0 aliphatic carbocycles. The molecule has 1 aromatic rings. The van der Waals surface area contributed by atoms with Crippen LogP contribution in [-0.4, -0.2) is 26.1 Å². The Hall–Kier alpha value is -1.01. The minimum Gasteiger partial charge on any atom is -0.494 e. The normalized spacial score (nSPS) is 12.5. The van der Waals surface area contributed by atoms with Crippen LogP contribution in [0.4, 0.5) is 0 Å². The Morgan fingerprint density at radius 3 is 2.91 bits per heavy atom. The molecule has 0 spiro atoms. The van der Waals surface area contributed by atoms with Gasteiger partial charge in [-0.15, -0.1) is 5.10 Å². The van der Waals surface area contributed by atoms with Gasteiger partial charge < -0.3 is 9.29 Å². The van der Waals surface area contributed by atoms with Gasteiger partial charge in [-0.2, -0.15) is 5.10 Å². The van der Waals surface area contributed by atoms with Gasteiger partial charge in [-0.1, -0.05) is 0 Å². The molecule has 60 valence electrons. The van der Waals surface area contributed by atoms with Crippen LogP contribution < -0.4 is 4.74 Å². The summed E-state index contributed by atoms with van der Waals surface area (Å²) in [4.78, 5) is 0. The first-order valence-electron chi connectivity index (χ1n) is 2.72. The average Bonchev–Trinajstić information content (AvgIpc) is 2.04. The molecule has 11 heavy (non-hydrogen) atoms. The summed E-state index contributed by atoms with van der Waals surface area (Å²) in [5.41, 5.74) is 0. The highest BCUT2D eigenvalue weighted by Crippen LogP contribution is 2.15. The highest BCUT2D eigenvalue weighted by Gasteiger charge is 2.08. The molecule has 0 aliphatic rings. The van der Waals surface area contributed by atoms with Crippen LogP contribution in [0, 0.1) is 0 Å². The summed E-state index contributed by atoms with van der Waals surface area (Å²) in [5.74, 6) is 0.265. The topological polar surface area (TPSA) is 72.3 Å². The highest BCUT2D eigenvalue weighted by atomic mass is 32.2. The molecule has 0 aromatic carbocycles. The molecule has 1 rings (SSSR count). The standard InChI is InChI=1S/C5H6N2O3S/c1-10-4-2-3-6-7-5(4)11(8)9/h2-3H,1H3,(H,8,9).